The predicted octanol–water partition coefficient (Wildman–Crippen LogP) is 2.39. The molecule has 1 amide bonds. The van der Waals surface area contributed by atoms with Crippen LogP contribution in [-0.4, -0.2) is 54.7 Å². The van der Waals surface area contributed by atoms with Crippen LogP contribution in [0.3, 0.4) is 0 Å². The molecule has 2 fully saturated rings. The smallest absolute Gasteiger partial charge is 0.240 e. The molecule has 3 atom stereocenters. The number of hydrogen-bond donors (Lipinski definition) is 2. The Hall–Kier alpha value is -0.650. The maximum Gasteiger partial charge on any atom is 0.240 e. The lowest BCUT2D eigenvalue weighted by atomic mass is 9.54. The summed E-state index contributed by atoms with van der Waals surface area (Å²) >= 11 is 0. The standard InChI is InChI=1S/C20H39N3O2/c1-7-25-17-12-20(21,19(17,5)6)18(24)22-13-16(14(2)3)23-10-8-15(4)9-11-23/h14-17H,7-13,21H2,1-6H3,(H,22,24). The Morgan fingerprint density at radius 3 is 2.40 bits per heavy atom. The number of hydrogen-bond acceptors (Lipinski definition) is 4. The lowest BCUT2D eigenvalue weighted by Gasteiger charge is -2.57. The maximum atomic E-state index is 12.9. The van der Waals surface area contributed by atoms with Gasteiger partial charge in [-0.2, -0.15) is 0 Å². The summed E-state index contributed by atoms with van der Waals surface area (Å²) in [5.41, 5.74) is 5.34. The molecule has 0 radical (unpaired) electrons. The van der Waals surface area contributed by atoms with Gasteiger partial charge in [-0.25, -0.2) is 0 Å². The predicted molar refractivity (Wildman–Crippen MR) is 102 cm³/mol. The van der Waals surface area contributed by atoms with Crippen LogP contribution in [0.25, 0.3) is 0 Å². The lowest BCUT2D eigenvalue weighted by Crippen LogP contribution is -2.76. The summed E-state index contributed by atoms with van der Waals surface area (Å²) in [5.74, 6) is 1.30. The van der Waals surface area contributed by atoms with Crippen molar-refractivity contribution in [2.24, 2.45) is 23.0 Å². The van der Waals surface area contributed by atoms with Gasteiger partial charge in [-0.3, -0.25) is 9.69 Å². The third kappa shape index (κ3) is 4.04. The van der Waals surface area contributed by atoms with Crippen molar-refractivity contribution >= 4 is 5.91 Å². The molecule has 0 aromatic heterocycles. The van der Waals surface area contributed by atoms with Crippen LogP contribution in [-0.2, 0) is 9.53 Å². The van der Waals surface area contributed by atoms with E-state index in [0.717, 1.165) is 19.0 Å². The van der Waals surface area contributed by atoms with E-state index in [2.05, 4.69) is 31.0 Å². The Morgan fingerprint density at radius 1 is 1.32 bits per heavy atom. The molecule has 3 N–H and O–H groups in total. The molecule has 0 aromatic carbocycles. The average molecular weight is 354 g/mol. The number of likely N-dealkylation sites (tertiary alicyclic amines) is 1. The molecule has 1 saturated carbocycles. The van der Waals surface area contributed by atoms with Crippen molar-refractivity contribution < 1.29 is 9.53 Å². The zero-order valence-corrected chi connectivity index (χ0v) is 17.1. The summed E-state index contributed by atoms with van der Waals surface area (Å²) < 4.78 is 5.74. The molecule has 0 bridgehead atoms. The van der Waals surface area contributed by atoms with Gasteiger partial charge in [0.1, 0.15) is 5.54 Å². The van der Waals surface area contributed by atoms with Crippen LogP contribution in [0.4, 0.5) is 0 Å². The molecular formula is C20H39N3O2. The SMILES string of the molecule is CCOC1CC(N)(C(=O)NCC(C(C)C)N2CCC(C)CC2)C1(C)C. The van der Waals surface area contributed by atoms with Crippen molar-refractivity contribution in [3.63, 3.8) is 0 Å². The van der Waals surface area contributed by atoms with Crippen molar-refractivity contribution in [3.8, 4) is 0 Å². The average Bonchev–Trinajstić information content (AvgIpc) is 2.55. The molecule has 0 spiro atoms. The van der Waals surface area contributed by atoms with Gasteiger partial charge in [-0.15, -0.1) is 0 Å². The Morgan fingerprint density at radius 2 is 1.92 bits per heavy atom. The van der Waals surface area contributed by atoms with Crippen LogP contribution >= 0.6 is 0 Å². The number of amides is 1. The first-order chi connectivity index (χ1) is 11.6. The second kappa shape index (κ2) is 7.93. The van der Waals surface area contributed by atoms with E-state index in [1.54, 1.807) is 0 Å². The molecule has 3 unspecified atom stereocenters. The van der Waals surface area contributed by atoms with Crippen molar-refractivity contribution in [3.05, 3.63) is 0 Å². The first-order valence-electron chi connectivity index (χ1n) is 10.1. The summed E-state index contributed by atoms with van der Waals surface area (Å²) in [7, 11) is 0. The topological polar surface area (TPSA) is 67.6 Å². The highest BCUT2D eigenvalue weighted by Crippen LogP contribution is 2.49. The zero-order chi connectivity index (χ0) is 18.8. The highest BCUT2D eigenvalue weighted by atomic mass is 16.5. The van der Waals surface area contributed by atoms with Gasteiger partial charge in [0.25, 0.3) is 0 Å². The number of nitrogens with two attached hydrogens (primary N) is 1. The van der Waals surface area contributed by atoms with E-state index in [0.29, 0.717) is 31.5 Å². The lowest BCUT2D eigenvalue weighted by molar-refractivity contribution is -0.170. The number of ether oxygens (including phenoxy) is 1. The van der Waals surface area contributed by atoms with Gasteiger partial charge in [0.2, 0.25) is 5.91 Å². The zero-order valence-electron chi connectivity index (χ0n) is 17.1. The van der Waals surface area contributed by atoms with Crippen LogP contribution in [0.2, 0.25) is 0 Å². The van der Waals surface area contributed by atoms with Crippen LogP contribution < -0.4 is 11.1 Å². The Bertz CT molecular complexity index is 458. The first kappa shape index (κ1) is 20.7. The van der Waals surface area contributed by atoms with Crippen LogP contribution in [0.5, 0.6) is 0 Å². The molecule has 1 aliphatic heterocycles. The number of carbonyl (C=O) groups is 1. The second-order valence-electron chi connectivity index (χ2n) is 9.08. The Kier molecular flexibility index (Phi) is 6.55. The Balaban J connectivity index is 1.93. The molecule has 0 aromatic rings. The van der Waals surface area contributed by atoms with Gasteiger partial charge in [-0.05, 0) is 44.7 Å². The molecular weight excluding hydrogens is 314 g/mol. The highest BCUT2D eigenvalue weighted by Gasteiger charge is 2.62. The quantitative estimate of drug-likeness (QED) is 0.737. The first-order valence-corrected chi connectivity index (χ1v) is 10.1. The summed E-state index contributed by atoms with van der Waals surface area (Å²) in [6.45, 7) is 16.5. The van der Waals surface area contributed by atoms with Gasteiger partial charge in [0.15, 0.2) is 0 Å². The minimum Gasteiger partial charge on any atom is -0.378 e. The van der Waals surface area contributed by atoms with Crippen molar-refractivity contribution in [2.75, 3.05) is 26.2 Å². The number of carbonyl (C=O) groups excluding carboxylic acids is 1. The van der Waals surface area contributed by atoms with Crippen molar-refractivity contribution in [1.29, 1.82) is 0 Å². The molecule has 1 saturated heterocycles. The van der Waals surface area contributed by atoms with E-state index in [1.165, 1.54) is 12.8 Å². The van der Waals surface area contributed by atoms with Gasteiger partial charge in [0, 0.05) is 31.0 Å². The summed E-state index contributed by atoms with van der Waals surface area (Å²) in [5, 5.41) is 3.17. The molecule has 2 rings (SSSR count). The molecule has 1 heterocycles. The molecule has 5 heteroatoms. The van der Waals surface area contributed by atoms with Crippen LogP contribution in [0.15, 0.2) is 0 Å². The number of rotatable bonds is 7. The van der Waals surface area contributed by atoms with Crippen LogP contribution in [0, 0.1) is 17.3 Å². The van der Waals surface area contributed by atoms with E-state index in [9.17, 15) is 4.79 Å². The maximum absolute atomic E-state index is 12.9. The fourth-order valence-electron chi connectivity index (χ4n) is 4.32. The second-order valence-corrected chi connectivity index (χ2v) is 9.08. The van der Waals surface area contributed by atoms with Gasteiger partial charge in [-0.1, -0.05) is 34.6 Å². The fourth-order valence-corrected chi connectivity index (χ4v) is 4.32. The highest BCUT2D eigenvalue weighted by molar-refractivity contribution is 5.88. The van der Waals surface area contributed by atoms with E-state index in [4.69, 9.17) is 10.5 Å². The van der Waals surface area contributed by atoms with Gasteiger partial charge in [0.05, 0.1) is 6.10 Å². The molecule has 1 aliphatic carbocycles. The minimum atomic E-state index is -0.829. The summed E-state index contributed by atoms with van der Waals surface area (Å²) in [4.78, 5) is 15.4. The molecule has 2 aliphatic rings. The number of piperidine rings is 1. The molecule has 25 heavy (non-hydrogen) atoms. The minimum absolute atomic E-state index is 0.0236. The summed E-state index contributed by atoms with van der Waals surface area (Å²) in [6, 6.07) is 0.380. The van der Waals surface area contributed by atoms with Gasteiger partial charge >= 0.3 is 0 Å². The monoisotopic (exact) mass is 353 g/mol. The number of nitrogens with one attached hydrogen (secondary N) is 1. The van der Waals surface area contributed by atoms with Gasteiger partial charge < -0.3 is 15.8 Å². The van der Waals surface area contributed by atoms with E-state index in [1.807, 2.05) is 20.8 Å². The third-order valence-corrected chi connectivity index (χ3v) is 6.76. The van der Waals surface area contributed by atoms with E-state index >= 15 is 0 Å². The van der Waals surface area contributed by atoms with E-state index in [-0.39, 0.29) is 17.4 Å². The van der Waals surface area contributed by atoms with E-state index < -0.39 is 5.54 Å². The normalized spacial score (nSPS) is 31.6. The summed E-state index contributed by atoms with van der Waals surface area (Å²) in [6.07, 6.45) is 3.17. The Labute approximate surface area is 154 Å². The molecule has 5 nitrogen and oxygen atoms in total. The van der Waals surface area contributed by atoms with Crippen molar-refractivity contribution in [2.45, 2.75) is 78.5 Å². The fraction of sp³-hybridized carbons (Fsp3) is 0.950. The van der Waals surface area contributed by atoms with Crippen molar-refractivity contribution in [1.82, 2.24) is 10.2 Å². The third-order valence-electron chi connectivity index (χ3n) is 6.76. The molecule has 146 valence electrons. The number of nitrogens with zero attached hydrogens (tertiary/aromatic N) is 1. The largest absolute Gasteiger partial charge is 0.378 e. The van der Waals surface area contributed by atoms with Crippen LogP contribution in [0.1, 0.15) is 60.8 Å².